The number of rotatable bonds is 5. The summed E-state index contributed by atoms with van der Waals surface area (Å²) in [5, 5.41) is 15.2. The molecule has 33 heavy (non-hydrogen) atoms. The highest BCUT2D eigenvalue weighted by atomic mass is 32.1. The van der Waals surface area contributed by atoms with Gasteiger partial charge in [-0.2, -0.15) is 17.7 Å². The molecule has 1 fully saturated rings. The van der Waals surface area contributed by atoms with Crippen LogP contribution in [0.25, 0.3) is 4.96 Å². The third-order valence-electron chi connectivity index (χ3n) is 5.57. The molecule has 2 aromatic heterocycles. The van der Waals surface area contributed by atoms with Crippen LogP contribution in [-0.2, 0) is 17.3 Å². The fourth-order valence-corrected chi connectivity index (χ4v) is 5.01. The number of benzene rings is 1. The fourth-order valence-electron chi connectivity index (χ4n) is 3.88. The van der Waals surface area contributed by atoms with Crippen molar-refractivity contribution in [2.24, 2.45) is 0 Å². The van der Waals surface area contributed by atoms with Crippen LogP contribution in [0.1, 0.15) is 41.7 Å². The molecular formula is C21H24F3N5O3S. The van der Waals surface area contributed by atoms with Crippen molar-refractivity contribution >= 4 is 22.4 Å². The Morgan fingerprint density at radius 3 is 2.39 bits per heavy atom. The second-order valence-electron chi connectivity index (χ2n) is 7.61. The molecule has 0 spiro atoms. The topological polar surface area (TPSA) is 83.2 Å². The van der Waals surface area contributed by atoms with Gasteiger partial charge in [-0.25, -0.2) is 9.78 Å². The van der Waals surface area contributed by atoms with Crippen LogP contribution >= 0.6 is 11.3 Å². The lowest BCUT2D eigenvalue weighted by Gasteiger charge is -2.38. The summed E-state index contributed by atoms with van der Waals surface area (Å²) in [4.78, 5) is 21.2. The largest absolute Gasteiger partial charge is 0.492 e. The minimum absolute atomic E-state index is 0.0834. The first-order valence-corrected chi connectivity index (χ1v) is 11.4. The number of aromatic nitrogens is 3. The number of alkyl halides is 3. The molecule has 1 aliphatic heterocycles. The highest BCUT2D eigenvalue weighted by Crippen LogP contribution is 2.41. The van der Waals surface area contributed by atoms with Crippen molar-refractivity contribution in [3.63, 3.8) is 0 Å². The van der Waals surface area contributed by atoms with Gasteiger partial charge in [0.2, 0.25) is 10.8 Å². The molecule has 1 N–H and O–H groups in total. The number of piperazine rings is 1. The van der Waals surface area contributed by atoms with Crippen LogP contribution < -0.4 is 0 Å². The minimum Gasteiger partial charge on any atom is -0.492 e. The average Bonchev–Trinajstić information content (AvgIpc) is 3.33. The highest BCUT2D eigenvalue weighted by molar-refractivity contribution is 7.17. The number of hydrogen-bond donors (Lipinski definition) is 1. The normalized spacial score (nSPS) is 16.3. The first kappa shape index (κ1) is 23.3. The van der Waals surface area contributed by atoms with Gasteiger partial charge in [0.15, 0.2) is 5.82 Å². The van der Waals surface area contributed by atoms with E-state index in [1.807, 2.05) is 11.8 Å². The zero-order chi connectivity index (χ0) is 23.8. The van der Waals surface area contributed by atoms with E-state index in [9.17, 15) is 23.1 Å². The van der Waals surface area contributed by atoms with Crippen molar-refractivity contribution in [1.82, 2.24) is 24.4 Å². The number of fused-ring (bicyclic) bond motifs is 1. The second-order valence-corrected chi connectivity index (χ2v) is 8.62. The van der Waals surface area contributed by atoms with Crippen LogP contribution in [0.3, 0.4) is 0 Å². The molecule has 1 aliphatic rings. The van der Waals surface area contributed by atoms with Crippen LogP contribution in [0.15, 0.2) is 24.3 Å². The van der Waals surface area contributed by atoms with E-state index in [0.717, 1.165) is 12.1 Å². The predicted octanol–water partition coefficient (Wildman–Crippen LogP) is 3.94. The van der Waals surface area contributed by atoms with Crippen LogP contribution in [0.2, 0.25) is 0 Å². The third-order valence-corrected chi connectivity index (χ3v) is 6.64. The van der Waals surface area contributed by atoms with Crippen molar-refractivity contribution in [3.05, 3.63) is 46.1 Å². The van der Waals surface area contributed by atoms with Gasteiger partial charge in [0.1, 0.15) is 0 Å². The summed E-state index contributed by atoms with van der Waals surface area (Å²) < 4.78 is 45.7. The van der Waals surface area contributed by atoms with Crippen molar-refractivity contribution in [2.75, 3.05) is 32.8 Å². The first-order chi connectivity index (χ1) is 15.7. The Kier molecular flexibility index (Phi) is 6.48. The summed E-state index contributed by atoms with van der Waals surface area (Å²) in [5.41, 5.74) is -0.139. The van der Waals surface area contributed by atoms with Crippen LogP contribution in [0.4, 0.5) is 18.0 Å². The Bertz CT molecular complexity index is 1120. The molecule has 0 unspecified atom stereocenters. The predicted molar refractivity (Wildman–Crippen MR) is 115 cm³/mol. The molecule has 8 nitrogen and oxygen atoms in total. The molecule has 4 rings (SSSR count). The van der Waals surface area contributed by atoms with Gasteiger partial charge in [-0.05, 0) is 24.6 Å². The summed E-state index contributed by atoms with van der Waals surface area (Å²) in [5.74, 6) is 0.511. The molecule has 1 atom stereocenters. The maximum absolute atomic E-state index is 13.1. The van der Waals surface area contributed by atoms with E-state index in [1.165, 1.54) is 28.0 Å². The van der Waals surface area contributed by atoms with Gasteiger partial charge in [-0.3, -0.25) is 4.90 Å². The number of amides is 1. The smallest absolute Gasteiger partial charge is 0.416 e. The van der Waals surface area contributed by atoms with Crippen molar-refractivity contribution in [3.8, 4) is 5.88 Å². The zero-order valence-corrected chi connectivity index (χ0v) is 19.0. The number of carbonyl (C=O) groups excluding carboxylic acids is 1. The van der Waals surface area contributed by atoms with E-state index in [-0.39, 0.29) is 12.5 Å². The Morgan fingerprint density at radius 1 is 1.18 bits per heavy atom. The number of aryl methyl sites for hydroxylation is 1. The van der Waals surface area contributed by atoms with Gasteiger partial charge in [0.05, 0.1) is 23.1 Å². The summed E-state index contributed by atoms with van der Waals surface area (Å²) >= 11 is 1.25. The molecule has 178 valence electrons. The van der Waals surface area contributed by atoms with Gasteiger partial charge in [0.25, 0.3) is 0 Å². The van der Waals surface area contributed by atoms with E-state index in [2.05, 4.69) is 10.1 Å². The average molecular weight is 484 g/mol. The summed E-state index contributed by atoms with van der Waals surface area (Å²) in [6, 6.07) is 4.42. The highest BCUT2D eigenvalue weighted by Gasteiger charge is 2.34. The van der Waals surface area contributed by atoms with Crippen LogP contribution in [0, 0.1) is 0 Å². The molecule has 0 saturated carbocycles. The number of hydrogen-bond acceptors (Lipinski definition) is 7. The Balaban J connectivity index is 1.68. The number of halogens is 3. The van der Waals surface area contributed by atoms with Gasteiger partial charge in [0, 0.05) is 32.6 Å². The first-order valence-electron chi connectivity index (χ1n) is 10.6. The number of thiazole rings is 1. The molecule has 3 heterocycles. The Morgan fingerprint density at radius 2 is 1.85 bits per heavy atom. The van der Waals surface area contributed by atoms with E-state index in [4.69, 9.17) is 4.74 Å². The lowest BCUT2D eigenvalue weighted by Crippen LogP contribution is -2.49. The molecule has 3 aromatic rings. The van der Waals surface area contributed by atoms with Crippen molar-refractivity contribution in [2.45, 2.75) is 32.5 Å². The van der Waals surface area contributed by atoms with E-state index in [0.29, 0.717) is 53.8 Å². The van der Waals surface area contributed by atoms with Gasteiger partial charge in [-0.1, -0.05) is 30.4 Å². The Labute approximate surface area is 192 Å². The molecule has 1 aromatic carbocycles. The number of aromatic hydroxyl groups is 1. The van der Waals surface area contributed by atoms with Gasteiger partial charge >= 0.3 is 12.3 Å². The molecule has 1 saturated heterocycles. The molecular weight excluding hydrogens is 459 g/mol. The molecule has 1 amide bonds. The second kappa shape index (κ2) is 9.18. The summed E-state index contributed by atoms with van der Waals surface area (Å²) in [6.45, 7) is 5.64. The summed E-state index contributed by atoms with van der Waals surface area (Å²) in [6.07, 6.45) is -4.22. The molecule has 12 heteroatoms. The molecule has 0 aliphatic carbocycles. The van der Waals surface area contributed by atoms with E-state index < -0.39 is 23.9 Å². The standard InChI is InChI=1S/C21H24F3N5O3S/c1-3-15-25-19-29(26-15)18(30)17(33-19)16(13-5-7-14(8-6-13)21(22,23)24)27-9-11-28(12-10-27)20(31)32-4-2/h5-8,16,30H,3-4,9-12H2,1-2H3/t16-/m1/s1. The lowest BCUT2D eigenvalue weighted by molar-refractivity contribution is -0.137. The lowest BCUT2D eigenvalue weighted by atomic mass is 10.0. The SMILES string of the molecule is CCOC(=O)N1CCN([C@H](c2ccc(C(F)(F)F)cc2)c2sc3nc(CC)nn3c2O)CC1. The quantitative estimate of drug-likeness (QED) is 0.592. The third kappa shape index (κ3) is 4.62. The number of nitrogens with zero attached hydrogens (tertiary/aromatic N) is 5. The number of ether oxygens (including phenoxy) is 1. The minimum atomic E-state index is -4.44. The maximum Gasteiger partial charge on any atom is 0.416 e. The van der Waals surface area contributed by atoms with E-state index in [1.54, 1.807) is 11.8 Å². The maximum atomic E-state index is 13.1. The molecule has 0 bridgehead atoms. The number of carbonyl (C=O) groups is 1. The monoisotopic (exact) mass is 483 g/mol. The van der Waals surface area contributed by atoms with Crippen LogP contribution in [-0.4, -0.2) is 68.4 Å². The Hall–Kier alpha value is -2.86. The van der Waals surface area contributed by atoms with Crippen LogP contribution in [0.5, 0.6) is 5.88 Å². The molecule has 0 radical (unpaired) electrons. The fraction of sp³-hybridized carbons (Fsp3) is 0.476. The van der Waals surface area contributed by atoms with Crippen molar-refractivity contribution < 1.29 is 27.8 Å². The van der Waals surface area contributed by atoms with Gasteiger partial charge in [-0.15, -0.1) is 5.10 Å². The van der Waals surface area contributed by atoms with E-state index >= 15 is 0 Å². The van der Waals surface area contributed by atoms with Crippen molar-refractivity contribution in [1.29, 1.82) is 0 Å². The zero-order valence-electron chi connectivity index (χ0n) is 18.2. The summed E-state index contributed by atoms with van der Waals surface area (Å²) in [7, 11) is 0. The van der Waals surface area contributed by atoms with Gasteiger partial charge < -0.3 is 14.7 Å².